The van der Waals surface area contributed by atoms with Gasteiger partial charge < -0.3 is 19.4 Å². The van der Waals surface area contributed by atoms with Gasteiger partial charge in [-0.2, -0.15) is 0 Å². The van der Waals surface area contributed by atoms with Crippen molar-refractivity contribution in [2.75, 3.05) is 38.1 Å². The fourth-order valence-corrected chi connectivity index (χ4v) is 4.49. The molecule has 31 heavy (non-hydrogen) atoms. The predicted molar refractivity (Wildman–Crippen MR) is 121 cm³/mol. The van der Waals surface area contributed by atoms with Gasteiger partial charge in [-0.3, -0.25) is 4.79 Å². The molecule has 1 atom stereocenters. The predicted octanol–water partition coefficient (Wildman–Crippen LogP) is 2.11. The van der Waals surface area contributed by atoms with Gasteiger partial charge in [-0.05, 0) is 30.2 Å². The molecule has 0 aliphatic carbocycles. The molecule has 0 unspecified atom stereocenters. The fraction of sp³-hybridized carbons (Fsp3) is 0.381. The first-order chi connectivity index (χ1) is 14.6. The highest BCUT2D eigenvalue weighted by Crippen LogP contribution is 2.33. The molecule has 0 aliphatic rings. The highest BCUT2D eigenvalue weighted by Gasteiger charge is 2.16. The second-order valence-corrected chi connectivity index (χ2v) is 9.74. The summed E-state index contributed by atoms with van der Waals surface area (Å²) in [7, 11) is 1.62. The molecule has 1 aromatic carbocycles. The molecule has 0 saturated carbocycles. The summed E-state index contributed by atoms with van der Waals surface area (Å²) < 4.78 is 35.2. The summed E-state index contributed by atoms with van der Waals surface area (Å²) in [6.45, 7) is 2.16. The number of sulfone groups is 1. The Morgan fingerprint density at radius 2 is 1.87 bits per heavy atom. The maximum atomic E-state index is 12.8. The third-order valence-electron chi connectivity index (χ3n) is 4.79. The summed E-state index contributed by atoms with van der Waals surface area (Å²) in [5, 5.41) is 3.50. The number of aromatic nitrogens is 3. The number of fused-ring (bicyclic) bond motifs is 1. The van der Waals surface area contributed by atoms with Crippen LogP contribution in [0.2, 0.25) is 0 Å². The molecule has 0 bridgehead atoms. The van der Waals surface area contributed by atoms with Gasteiger partial charge >= 0.3 is 0 Å². The second kappa shape index (κ2) is 8.93. The van der Waals surface area contributed by atoms with Crippen LogP contribution in [0.15, 0.2) is 35.4 Å². The van der Waals surface area contributed by atoms with Crippen LogP contribution in [-0.4, -0.2) is 55.7 Å². The Hall–Kier alpha value is -3.14. The standard InChI is InChI=1S/C21H26N4O5S/c1-13(11-31(5,27)28)10-22-20-19-16(23-12-25(2)21(19)26)9-15(24-20)14-6-7-17(29-3)18(8-14)30-4/h6-9,12-13H,10-11H2,1-5H3,(H,22,24)/t13-/m0/s1. The summed E-state index contributed by atoms with van der Waals surface area (Å²) in [6, 6.07) is 7.15. The molecule has 0 saturated heterocycles. The Morgan fingerprint density at radius 1 is 1.16 bits per heavy atom. The number of aryl methyl sites for hydroxylation is 1. The fourth-order valence-electron chi connectivity index (χ4n) is 3.34. The first-order valence-electron chi connectivity index (χ1n) is 9.63. The summed E-state index contributed by atoms with van der Waals surface area (Å²) in [6.07, 6.45) is 2.66. The van der Waals surface area contributed by atoms with Gasteiger partial charge in [0.1, 0.15) is 21.0 Å². The first kappa shape index (κ1) is 22.5. The zero-order valence-corrected chi connectivity index (χ0v) is 19.0. The quantitative estimate of drug-likeness (QED) is 0.560. The number of ether oxygens (including phenoxy) is 2. The van der Waals surface area contributed by atoms with Gasteiger partial charge in [0.25, 0.3) is 5.56 Å². The average molecular weight is 447 g/mol. The van der Waals surface area contributed by atoms with Crippen LogP contribution in [0.5, 0.6) is 11.5 Å². The van der Waals surface area contributed by atoms with Crippen molar-refractivity contribution in [3.63, 3.8) is 0 Å². The third-order valence-corrected chi connectivity index (χ3v) is 5.96. The molecule has 3 aromatic rings. The number of hydrogen-bond donors (Lipinski definition) is 1. The van der Waals surface area contributed by atoms with Crippen molar-refractivity contribution in [2.24, 2.45) is 13.0 Å². The first-order valence-corrected chi connectivity index (χ1v) is 11.7. The van der Waals surface area contributed by atoms with E-state index in [4.69, 9.17) is 9.47 Å². The van der Waals surface area contributed by atoms with Gasteiger partial charge in [0.2, 0.25) is 0 Å². The number of anilines is 1. The van der Waals surface area contributed by atoms with E-state index in [1.54, 1.807) is 39.5 Å². The second-order valence-electron chi connectivity index (χ2n) is 7.56. The summed E-state index contributed by atoms with van der Waals surface area (Å²) in [4.78, 5) is 21.8. The van der Waals surface area contributed by atoms with Crippen LogP contribution in [0.25, 0.3) is 22.2 Å². The summed E-state index contributed by atoms with van der Waals surface area (Å²) in [5.41, 5.74) is 1.59. The maximum absolute atomic E-state index is 12.8. The largest absolute Gasteiger partial charge is 0.493 e. The van der Waals surface area contributed by atoms with Crippen LogP contribution in [0.1, 0.15) is 6.92 Å². The molecule has 2 aromatic heterocycles. The van der Waals surface area contributed by atoms with E-state index in [2.05, 4.69) is 15.3 Å². The van der Waals surface area contributed by atoms with E-state index in [-0.39, 0.29) is 17.2 Å². The molecule has 0 aliphatic heterocycles. The molecule has 166 valence electrons. The lowest BCUT2D eigenvalue weighted by molar-refractivity contribution is 0.355. The lowest BCUT2D eigenvalue weighted by Gasteiger charge is -2.15. The van der Waals surface area contributed by atoms with E-state index < -0.39 is 9.84 Å². The maximum Gasteiger partial charge on any atom is 0.264 e. The number of rotatable bonds is 8. The number of hydrogen-bond acceptors (Lipinski definition) is 8. The van der Waals surface area contributed by atoms with Crippen molar-refractivity contribution < 1.29 is 17.9 Å². The minimum Gasteiger partial charge on any atom is -0.493 e. The molecular weight excluding hydrogens is 420 g/mol. The molecule has 3 rings (SSSR count). The molecule has 9 nitrogen and oxygen atoms in total. The number of nitrogens with one attached hydrogen (secondary N) is 1. The average Bonchev–Trinajstić information content (AvgIpc) is 2.72. The van der Waals surface area contributed by atoms with Crippen molar-refractivity contribution >= 4 is 26.6 Å². The van der Waals surface area contributed by atoms with Crippen LogP contribution >= 0.6 is 0 Å². The van der Waals surface area contributed by atoms with Crippen molar-refractivity contribution in [3.8, 4) is 22.8 Å². The highest BCUT2D eigenvalue weighted by atomic mass is 32.2. The SMILES string of the molecule is COc1ccc(-c2cc3ncn(C)c(=O)c3c(NC[C@H](C)CS(C)(=O)=O)n2)cc1OC. The molecule has 0 radical (unpaired) electrons. The van der Waals surface area contributed by atoms with Crippen molar-refractivity contribution in [3.05, 3.63) is 40.9 Å². The minimum absolute atomic E-state index is 0.0313. The topological polar surface area (TPSA) is 112 Å². The highest BCUT2D eigenvalue weighted by molar-refractivity contribution is 7.90. The monoisotopic (exact) mass is 446 g/mol. The molecule has 2 heterocycles. The van der Waals surface area contributed by atoms with Crippen LogP contribution in [0.3, 0.4) is 0 Å². The molecule has 0 spiro atoms. The summed E-state index contributed by atoms with van der Waals surface area (Å²) in [5.74, 6) is 1.36. The number of nitrogens with zero attached hydrogens (tertiary/aromatic N) is 3. The number of pyridine rings is 1. The Labute approximate surface area is 181 Å². The van der Waals surface area contributed by atoms with E-state index in [1.165, 1.54) is 17.2 Å². The molecule has 10 heteroatoms. The van der Waals surface area contributed by atoms with Gasteiger partial charge in [0.15, 0.2) is 11.5 Å². The van der Waals surface area contributed by atoms with E-state index in [0.717, 1.165) is 5.56 Å². The summed E-state index contributed by atoms with van der Waals surface area (Å²) >= 11 is 0. The molecule has 1 N–H and O–H groups in total. The van der Waals surface area contributed by atoms with E-state index in [9.17, 15) is 13.2 Å². The van der Waals surface area contributed by atoms with Crippen LogP contribution < -0.4 is 20.3 Å². The molecular formula is C21H26N4O5S. The minimum atomic E-state index is -3.11. The smallest absolute Gasteiger partial charge is 0.264 e. The van der Waals surface area contributed by atoms with Gasteiger partial charge in [-0.1, -0.05) is 6.92 Å². The Kier molecular flexibility index (Phi) is 6.49. The van der Waals surface area contributed by atoms with E-state index in [1.807, 2.05) is 13.0 Å². The zero-order chi connectivity index (χ0) is 22.8. The van der Waals surface area contributed by atoms with Gasteiger partial charge in [0.05, 0.1) is 37.5 Å². The Morgan fingerprint density at radius 3 is 2.52 bits per heavy atom. The van der Waals surface area contributed by atoms with Crippen molar-refractivity contribution in [1.82, 2.24) is 14.5 Å². The van der Waals surface area contributed by atoms with Gasteiger partial charge in [0, 0.05) is 25.4 Å². The number of benzene rings is 1. The van der Waals surface area contributed by atoms with Crippen molar-refractivity contribution in [1.29, 1.82) is 0 Å². The van der Waals surface area contributed by atoms with Crippen LogP contribution in [0.4, 0.5) is 5.82 Å². The lowest BCUT2D eigenvalue weighted by atomic mass is 10.1. The van der Waals surface area contributed by atoms with Crippen molar-refractivity contribution in [2.45, 2.75) is 6.92 Å². The Balaban J connectivity index is 2.09. The molecule has 0 fully saturated rings. The third kappa shape index (κ3) is 5.13. The van der Waals surface area contributed by atoms with E-state index in [0.29, 0.717) is 40.5 Å². The Bertz CT molecular complexity index is 1270. The van der Waals surface area contributed by atoms with Gasteiger partial charge in [-0.15, -0.1) is 0 Å². The lowest BCUT2D eigenvalue weighted by Crippen LogP contribution is -2.23. The normalized spacial score (nSPS) is 12.5. The van der Waals surface area contributed by atoms with Crippen LogP contribution in [-0.2, 0) is 16.9 Å². The number of methoxy groups -OCH3 is 2. The van der Waals surface area contributed by atoms with Crippen LogP contribution in [0, 0.1) is 5.92 Å². The molecule has 0 amide bonds. The van der Waals surface area contributed by atoms with Gasteiger partial charge in [-0.25, -0.2) is 18.4 Å². The van der Waals surface area contributed by atoms with E-state index >= 15 is 0 Å². The zero-order valence-electron chi connectivity index (χ0n) is 18.2.